The maximum absolute atomic E-state index is 5.63. The lowest BCUT2D eigenvalue weighted by atomic mass is 10.1. The summed E-state index contributed by atoms with van der Waals surface area (Å²) >= 11 is 1.41. The van der Waals surface area contributed by atoms with E-state index in [2.05, 4.69) is 4.98 Å². The molecule has 1 heterocycles. The number of nitrogens with zero attached hydrogens (tertiary/aromatic N) is 1. The highest BCUT2D eigenvalue weighted by molar-refractivity contribution is 7.13. The van der Waals surface area contributed by atoms with Gasteiger partial charge in [-0.05, 0) is 19.1 Å². The van der Waals surface area contributed by atoms with Gasteiger partial charge in [-0.1, -0.05) is 0 Å². The van der Waals surface area contributed by atoms with Gasteiger partial charge in [0.1, 0.15) is 11.5 Å². The highest BCUT2D eigenvalue weighted by atomic mass is 32.1. The van der Waals surface area contributed by atoms with Crippen LogP contribution in [0.1, 0.15) is 6.92 Å². The van der Waals surface area contributed by atoms with Crippen LogP contribution >= 0.6 is 11.3 Å². The molecule has 0 bridgehead atoms. The first-order valence-corrected chi connectivity index (χ1v) is 6.14. The molecule has 1 aromatic carbocycles. The molecule has 0 atom stereocenters. The molecule has 0 amide bonds. The van der Waals surface area contributed by atoms with E-state index in [1.165, 1.54) is 11.3 Å². The number of thiazole rings is 1. The van der Waals surface area contributed by atoms with Crippen LogP contribution in [0, 0.1) is 0 Å². The van der Waals surface area contributed by atoms with Crippen molar-refractivity contribution in [2.75, 3.05) is 19.5 Å². The molecular weight excluding hydrogens is 236 g/mol. The molecule has 1 aromatic heterocycles. The second-order valence-corrected chi connectivity index (χ2v) is 4.26. The van der Waals surface area contributed by atoms with E-state index in [9.17, 15) is 0 Å². The summed E-state index contributed by atoms with van der Waals surface area (Å²) in [6.07, 6.45) is 0. The Labute approximate surface area is 104 Å². The summed E-state index contributed by atoms with van der Waals surface area (Å²) in [7, 11) is 1.63. The molecule has 0 fully saturated rings. The zero-order chi connectivity index (χ0) is 12.3. The van der Waals surface area contributed by atoms with Gasteiger partial charge in [0.25, 0.3) is 0 Å². The van der Waals surface area contributed by atoms with Gasteiger partial charge in [0.2, 0.25) is 0 Å². The minimum Gasteiger partial charge on any atom is -0.496 e. The fourth-order valence-corrected chi connectivity index (χ4v) is 2.11. The van der Waals surface area contributed by atoms with Crippen LogP contribution in [-0.4, -0.2) is 18.7 Å². The predicted octanol–water partition coefficient (Wildman–Crippen LogP) is 2.80. The standard InChI is InChI=1S/C12H14N2O2S/c1-3-16-8-4-5-9(11(6-8)15-2)10-7-17-12(13)14-10/h4-7H,3H2,1-2H3,(H2,13,14). The van der Waals surface area contributed by atoms with E-state index in [0.29, 0.717) is 11.7 Å². The summed E-state index contributed by atoms with van der Waals surface area (Å²) in [5.74, 6) is 1.53. The first kappa shape index (κ1) is 11.7. The van der Waals surface area contributed by atoms with Crippen molar-refractivity contribution in [2.45, 2.75) is 6.92 Å². The SMILES string of the molecule is CCOc1ccc(-c2csc(N)n2)c(OC)c1. The predicted molar refractivity (Wildman–Crippen MR) is 69.7 cm³/mol. The molecule has 2 aromatic rings. The second-order valence-electron chi connectivity index (χ2n) is 3.37. The first-order valence-electron chi connectivity index (χ1n) is 5.26. The molecule has 90 valence electrons. The Morgan fingerprint density at radius 2 is 2.24 bits per heavy atom. The van der Waals surface area contributed by atoms with Crippen LogP contribution in [0.15, 0.2) is 23.6 Å². The third-order valence-electron chi connectivity index (χ3n) is 2.28. The molecule has 0 spiro atoms. The van der Waals surface area contributed by atoms with Gasteiger partial charge in [0.15, 0.2) is 5.13 Å². The molecule has 0 saturated carbocycles. The number of nitrogen functional groups attached to an aromatic ring is 1. The zero-order valence-electron chi connectivity index (χ0n) is 9.77. The van der Waals surface area contributed by atoms with Gasteiger partial charge < -0.3 is 15.2 Å². The van der Waals surface area contributed by atoms with Crippen LogP contribution in [-0.2, 0) is 0 Å². The Bertz CT molecular complexity index is 511. The van der Waals surface area contributed by atoms with E-state index in [1.54, 1.807) is 7.11 Å². The summed E-state index contributed by atoms with van der Waals surface area (Å²) in [6, 6.07) is 5.68. The van der Waals surface area contributed by atoms with E-state index < -0.39 is 0 Å². The largest absolute Gasteiger partial charge is 0.496 e. The lowest BCUT2D eigenvalue weighted by Crippen LogP contribution is -1.94. The molecule has 0 aliphatic heterocycles. The molecule has 0 radical (unpaired) electrons. The molecule has 4 nitrogen and oxygen atoms in total. The Hall–Kier alpha value is -1.75. The summed E-state index contributed by atoms with van der Waals surface area (Å²) in [5, 5.41) is 2.46. The minimum atomic E-state index is 0.552. The van der Waals surface area contributed by atoms with Gasteiger partial charge in [-0.15, -0.1) is 11.3 Å². The Kier molecular flexibility index (Phi) is 3.49. The van der Waals surface area contributed by atoms with Crippen molar-refractivity contribution in [3.8, 4) is 22.8 Å². The van der Waals surface area contributed by atoms with Crippen LogP contribution in [0.5, 0.6) is 11.5 Å². The van der Waals surface area contributed by atoms with Crippen LogP contribution in [0.25, 0.3) is 11.3 Å². The molecule has 0 aliphatic carbocycles. The van der Waals surface area contributed by atoms with Crippen molar-refractivity contribution in [3.05, 3.63) is 23.6 Å². The van der Waals surface area contributed by atoms with E-state index in [1.807, 2.05) is 30.5 Å². The topological polar surface area (TPSA) is 57.4 Å². The lowest BCUT2D eigenvalue weighted by molar-refractivity contribution is 0.336. The molecule has 2 N–H and O–H groups in total. The maximum atomic E-state index is 5.63. The molecule has 2 rings (SSSR count). The highest BCUT2D eigenvalue weighted by Crippen LogP contribution is 2.34. The first-order chi connectivity index (χ1) is 8.24. The molecular formula is C12H14N2O2S. The highest BCUT2D eigenvalue weighted by Gasteiger charge is 2.10. The van der Waals surface area contributed by atoms with Crippen molar-refractivity contribution < 1.29 is 9.47 Å². The van der Waals surface area contributed by atoms with Crippen molar-refractivity contribution >= 4 is 16.5 Å². The third kappa shape index (κ3) is 2.50. The van der Waals surface area contributed by atoms with Crippen LogP contribution in [0.2, 0.25) is 0 Å². The van der Waals surface area contributed by atoms with Crippen molar-refractivity contribution in [3.63, 3.8) is 0 Å². The average Bonchev–Trinajstić information content (AvgIpc) is 2.76. The molecule has 0 saturated heterocycles. The number of aromatic nitrogens is 1. The number of benzene rings is 1. The number of hydrogen-bond acceptors (Lipinski definition) is 5. The van der Waals surface area contributed by atoms with Crippen molar-refractivity contribution in [1.82, 2.24) is 4.98 Å². The molecule has 0 unspecified atom stereocenters. The van der Waals surface area contributed by atoms with Gasteiger partial charge >= 0.3 is 0 Å². The zero-order valence-corrected chi connectivity index (χ0v) is 10.6. The maximum Gasteiger partial charge on any atom is 0.180 e. The van der Waals surface area contributed by atoms with E-state index in [-0.39, 0.29) is 0 Å². The summed E-state index contributed by atoms with van der Waals surface area (Å²) in [4.78, 5) is 4.24. The molecule has 5 heteroatoms. The van der Waals surface area contributed by atoms with Gasteiger partial charge in [-0.25, -0.2) is 4.98 Å². The van der Waals surface area contributed by atoms with Gasteiger partial charge in [-0.2, -0.15) is 0 Å². The van der Waals surface area contributed by atoms with Crippen molar-refractivity contribution in [1.29, 1.82) is 0 Å². The van der Waals surface area contributed by atoms with Crippen molar-refractivity contribution in [2.24, 2.45) is 0 Å². The summed E-state index contributed by atoms with van der Waals surface area (Å²) in [6.45, 7) is 2.58. The smallest absolute Gasteiger partial charge is 0.180 e. The lowest BCUT2D eigenvalue weighted by Gasteiger charge is -2.09. The number of anilines is 1. The second kappa shape index (κ2) is 5.05. The Morgan fingerprint density at radius 3 is 2.82 bits per heavy atom. The molecule has 17 heavy (non-hydrogen) atoms. The Balaban J connectivity index is 2.40. The molecule has 0 aliphatic rings. The van der Waals surface area contributed by atoms with Crippen LogP contribution < -0.4 is 15.2 Å². The Morgan fingerprint density at radius 1 is 1.41 bits per heavy atom. The fraction of sp³-hybridized carbons (Fsp3) is 0.250. The van der Waals surface area contributed by atoms with Crippen LogP contribution in [0.4, 0.5) is 5.13 Å². The average molecular weight is 250 g/mol. The summed E-state index contributed by atoms with van der Waals surface area (Å²) < 4.78 is 10.8. The number of methoxy groups -OCH3 is 1. The van der Waals surface area contributed by atoms with Gasteiger partial charge in [0.05, 0.1) is 19.4 Å². The third-order valence-corrected chi connectivity index (χ3v) is 2.96. The van der Waals surface area contributed by atoms with E-state index in [4.69, 9.17) is 15.2 Å². The minimum absolute atomic E-state index is 0.552. The number of ether oxygens (including phenoxy) is 2. The number of rotatable bonds is 4. The quantitative estimate of drug-likeness (QED) is 0.906. The van der Waals surface area contributed by atoms with E-state index in [0.717, 1.165) is 22.8 Å². The van der Waals surface area contributed by atoms with Gasteiger partial charge in [0, 0.05) is 17.0 Å². The number of nitrogens with two attached hydrogens (primary N) is 1. The van der Waals surface area contributed by atoms with E-state index >= 15 is 0 Å². The number of hydrogen-bond donors (Lipinski definition) is 1. The normalized spacial score (nSPS) is 10.2. The monoisotopic (exact) mass is 250 g/mol. The van der Waals surface area contributed by atoms with Crippen LogP contribution in [0.3, 0.4) is 0 Å². The fourth-order valence-electron chi connectivity index (χ4n) is 1.55. The summed E-state index contributed by atoms with van der Waals surface area (Å²) in [5.41, 5.74) is 7.37. The van der Waals surface area contributed by atoms with Gasteiger partial charge in [-0.3, -0.25) is 0 Å².